The Kier molecular flexibility index (Phi) is 6.93. The van der Waals surface area contributed by atoms with E-state index in [1.807, 2.05) is 42.7 Å². The first-order valence-corrected chi connectivity index (χ1v) is 12.8. The number of piperazine rings is 1. The van der Waals surface area contributed by atoms with Crippen molar-refractivity contribution in [3.63, 3.8) is 0 Å². The van der Waals surface area contributed by atoms with Crippen molar-refractivity contribution in [3.05, 3.63) is 112 Å². The lowest BCUT2D eigenvalue weighted by Gasteiger charge is -2.41. The van der Waals surface area contributed by atoms with E-state index in [1.165, 1.54) is 27.3 Å². The number of para-hydroxylation sites is 1. The monoisotopic (exact) mass is 482 g/mol. The molecule has 1 amide bonds. The molecule has 0 saturated carbocycles. The van der Waals surface area contributed by atoms with E-state index in [0.717, 1.165) is 31.2 Å². The number of benzene rings is 2. The number of carbonyl (C=O) groups is 1. The number of thiophene rings is 1. The molecule has 4 aromatic rings. The van der Waals surface area contributed by atoms with Crippen molar-refractivity contribution in [3.8, 4) is 0 Å². The summed E-state index contributed by atoms with van der Waals surface area (Å²) < 4.78 is 0. The van der Waals surface area contributed by atoms with E-state index < -0.39 is 0 Å². The van der Waals surface area contributed by atoms with Gasteiger partial charge in [0.05, 0.1) is 6.04 Å². The number of amides is 1. The molecule has 1 fully saturated rings. The van der Waals surface area contributed by atoms with E-state index in [-0.39, 0.29) is 11.9 Å². The summed E-state index contributed by atoms with van der Waals surface area (Å²) in [4.78, 5) is 23.6. The summed E-state index contributed by atoms with van der Waals surface area (Å²) in [7, 11) is 0. The Morgan fingerprint density at radius 2 is 1.51 bits per heavy atom. The van der Waals surface area contributed by atoms with Gasteiger partial charge >= 0.3 is 0 Å². The van der Waals surface area contributed by atoms with Crippen LogP contribution in [0.5, 0.6) is 0 Å². The molecule has 0 aliphatic carbocycles. The van der Waals surface area contributed by atoms with Gasteiger partial charge in [-0.1, -0.05) is 36.4 Å². The standard InChI is InChI=1S/C29H30N4OS/c1-21-22(2)35-29(31-28(34)24-9-5-3-6-10-24)26(21)27(23-13-15-30-16-14-23)33-19-17-32(18-20-33)25-11-7-4-8-12-25/h3-16,27H,17-20H2,1-2H3,(H,31,34)/t27-/m1/s1. The summed E-state index contributed by atoms with van der Waals surface area (Å²) in [5.41, 5.74) is 5.57. The molecule has 0 unspecified atom stereocenters. The zero-order valence-corrected chi connectivity index (χ0v) is 21.0. The molecule has 5 rings (SSSR count). The highest BCUT2D eigenvalue weighted by Crippen LogP contribution is 2.42. The Labute approximate surface area is 211 Å². The Morgan fingerprint density at radius 1 is 0.886 bits per heavy atom. The number of aryl methyl sites for hydroxylation is 1. The molecule has 1 saturated heterocycles. The molecular weight excluding hydrogens is 452 g/mol. The minimum atomic E-state index is -0.0736. The van der Waals surface area contributed by atoms with Crippen LogP contribution in [0.3, 0.4) is 0 Å². The lowest BCUT2D eigenvalue weighted by atomic mass is 9.95. The van der Waals surface area contributed by atoms with Crippen LogP contribution in [0, 0.1) is 13.8 Å². The SMILES string of the molecule is Cc1sc(NC(=O)c2ccccc2)c([C@@H](c2ccncc2)N2CCN(c3ccccc3)CC2)c1C. The second kappa shape index (κ2) is 10.4. The topological polar surface area (TPSA) is 48.5 Å². The van der Waals surface area contributed by atoms with Crippen molar-refractivity contribution in [2.24, 2.45) is 0 Å². The molecule has 35 heavy (non-hydrogen) atoms. The number of pyridine rings is 1. The minimum Gasteiger partial charge on any atom is -0.369 e. The van der Waals surface area contributed by atoms with Gasteiger partial charge in [0, 0.05) is 60.3 Å². The second-order valence-corrected chi connectivity index (χ2v) is 10.1. The Morgan fingerprint density at radius 3 is 2.17 bits per heavy atom. The predicted molar refractivity (Wildman–Crippen MR) is 144 cm³/mol. The van der Waals surface area contributed by atoms with Crippen LogP contribution in [0.25, 0.3) is 0 Å². The number of nitrogens with one attached hydrogen (secondary N) is 1. The second-order valence-electron chi connectivity index (χ2n) is 8.89. The average molecular weight is 483 g/mol. The summed E-state index contributed by atoms with van der Waals surface area (Å²) in [6, 6.07) is 24.3. The van der Waals surface area contributed by atoms with E-state index in [1.54, 1.807) is 11.3 Å². The van der Waals surface area contributed by atoms with Crippen molar-refractivity contribution >= 4 is 27.9 Å². The van der Waals surface area contributed by atoms with Crippen molar-refractivity contribution in [2.45, 2.75) is 19.9 Å². The number of rotatable bonds is 6. The van der Waals surface area contributed by atoms with Gasteiger partial charge in [-0.2, -0.15) is 0 Å². The van der Waals surface area contributed by atoms with Crippen LogP contribution in [0.2, 0.25) is 0 Å². The summed E-state index contributed by atoms with van der Waals surface area (Å²) in [5, 5.41) is 4.17. The van der Waals surface area contributed by atoms with E-state index in [4.69, 9.17) is 0 Å². The molecule has 1 aliphatic rings. The first-order chi connectivity index (χ1) is 17.1. The third kappa shape index (κ3) is 4.99. The third-order valence-corrected chi connectivity index (χ3v) is 7.93. The fourth-order valence-electron chi connectivity index (χ4n) is 4.81. The van der Waals surface area contributed by atoms with E-state index in [2.05, 4.69) is 76.4 Å². The number of hydrogen-bond acceptors (Lipinski definition) is 5. The molecule has 2 aromatic heterocycles. The minimum absolute atomic E-state index is 0.0481. The van der Waals surface area contributed by atoms with Gasteiger partial charge in [-0.15, -0.1) is 11.3 Å². The molecule has 178 valence electrons. The maximum atomic E-state index is 13.1. The summed E-state index contributed by atoms with van der Waals surface area (Å²) in [5.74, 6) is -0.0736. The van der Waals surface area contributed by atoms with Gasteiger partial charge in [0.2, 0.25) is 0 Å². The highest BCUT2D eigenvalue weighted by molar-refractivity contribution is 7.16. The normalized spacial score (nSPS) is 15.1. The molecule has 1 N–H and O–H groups in total. The van der Waals surface area contributed by atoms with Crippen LogP contribution in [-0.2, 0) is 0 Å². The molecule has 0 bridgehead atoms. The number of carbonyl (C=O) groups excluding carboxylic acids is 1. The molecule has 0 spiro atoms. The predicted octanol–water partition coefficient (Wildman–Crippen LogP) is 5.92. The van der Waals surface area contributed by atoms with Gasteiger partial charge in [0.15, 0.2) is 0 Å². The van der Waals surface area contributed by atoms with Crippen molar-refractivity contribution in [1.29, 1.82) is 0 Å². The number of hydrogen-bond donors (Lipinski definition) is 1. The molecule has 2 aromatic carbocycles. The smallest absolute Gasteiger partial charge is 0.256 e. The van der Waals surface area contributed by atoms with Crippen LogP contribution in [0.15, 0.2) is 85.2 Å². The zero-order chi connectivity index (χ0) is 24.2. The molecule has 5 nitrogen and oxygen atoms in total. The summed E-state index contributed by atoms with van der Waals surface area (Å²) >= 11 is 1.66. The van der Waals surface area contributed by atoms with Gasteiger partial charge in [-0.3, -0.25) is 14.7 Å². The Balaban J connectivity index is 1.47. The van der Waals surface area contributed by atoms with Gasteiger partial charge in [-0.05, 0) is 61.4 Å². The van der Waals surface area contributed by atoms with Crippen LogP contribution in [0.4, 0.5) is 10.7 Å². The highest BCUT2D eigenvalue weighted by Gasteiger charge is 2.31. The van der Waals surface area contributed by atoms with Crippen LogP contribution >= 0.6 is 11.3 Å². The van der Waals surface area contributed by atoms with Crippen LogP contribution < -0.4 is 10.2 Å². The largest absolute Gasteiger partial charge is 0.369 e. The van der Waals surface area contributed by atoms with Gasteiger partial charge in [-0.25, -0.2) is 0 Å². The number of nitrogens with zero attached hydrogens (tertiary/aromatic N) is 3. The molecule has 1 atom stereocenters. The maximum absolute atomic E-state index is 13.1. The van der Waals surface area contributed by atoms with Gasteiger partial charge in [0.25, 0.3) is 5.91 Å². The first-order valence-electron chi connectivity index (χ1n) is 12.0. The molecule has 3 heterocycles. The van der Waals surface area contributed by atoms with Crippen LogP contribution in [-0.4, -0.2) is 42.0 Å². The fraction of sp³-hybridized carbons (Fsp3) is 0.241. The lowest BCUT2D eigenvalue weighted by molar-refractivity contribution is 0.102. The van der Waals surface area contributed by atoms with Gasteiger partial charge < -0.3 is 10.2 Å². The zero-order valence-electron chi connectivity index (χ0n) is 20.1. The Hall–Kier alpha value is -3.48. The van der Waals surface area contributed by atoms with Crippen molar-refractivity contribution in [2.75, 3.05) is 36.4 Å². The summed E-state index contributed by atoms with van der Waals surface area (Å²) in [6.45, 7) is 8.09. The Bertz CT molecular complexity index is 1270. The maximum Gasteiger partial charge on any atom is 0.256 e. The van der Waals surface area contributed by atoms with Crippen molar-refractivity contribution < 1.29 is 4.79 Å². The van der Waals surface area contributed by atoms with E-state index >= 15 is 0 Å². The van der Waals surface area contributed by atoms with Crippen molar-refractivity contribution in [1.82, 2.24) is 9.88 Å². The molecule has 6 heteroatoms. The molecule has 1 aliphatic heterocycles. The lowest BCUT2D eigenvalue weighted by Crippen LogP contribution is -2.48. The van der Waals surface area contributed by atoms with E-state index in [0.29, 0.717) is 5.56 Å². The van der Waals surface area contributed by atoms with E-state index in [9.17, 15) is 4.79 Å². The van der Waals surface area contributed by atoms with Gasteiger partial charge in [0.1, 0.15) is 5.00 Å². The molecule has 0 radical (unpaired) electrons. The first kappa shape index (κ1) is 23.3. The molecular formula is C29H30N4OS. The quantitative estimate of drug-likeness (QED) is 0.370. The summed E-state index contributed by atoms with van der Waals surface area (Å²) in [6.07, 6.45) is 3.72. The van der Waals surface area contributed by atoms with Crippen LogP contribution in [0.1, 0.15) is 38.0 Å². The number of anilines is 2. The number of aromatic nitrogens is 1. The average Bonchev–Trinajstić information content (AvgIpc) is 3.19. The fourth-order valence-corrected chi connectivity index (χ4v) is 5.90. The third-order valence-electron chi connectivity index (χ3n) is 6.79. The highest BCUT2D eigenvalue weighted by atomic mass is 32.1.